The molecule has 0 aliphatic heterocycles. The maximum atomic E-state index is 12.8. The molecule has 4 rings (SSSR count). The molecule has 0 fully saturated rings. The highest BCUT2D eigenvalue weighted by atomic mass is 19.3. The molecular formula is C24H22F2N4O3. The average Bonchev–Trinajstić information content (AvgIpc) is 3.10. The predicted octanol–water partition coefficient (Wildman–Crippen LogP) is 4.96. The van der Waals surface area contributed by atoms with E-state index in [4.69, 9.17) is 4.74 Å². The van der Waals surface area contributed by atoms with Crippen molar-refractivity contribution in [1.29, 1.82) is 0 Å². The van der Waals surface area contributed by atoms with E-state index in [1.54, 1.807) is 32.4 Å². The molecule has 1 amide bonds. The molecule has 7 nitrogen and oxygen atoms in total. The average molecular weight is 452 g/mol. The predicted molar refractivity (Wildman–Crippen MR) is 121 cm³/mol. The molecule has 170 valence electrons. The molecule has 0 saturated carbocycles. The van der Waals surface area contributed by atoms with Crippen molar-refractivity contribution >= 4 is 22.6 Å². The summed E-state index contributed by atoms with van der Waals surface area (Å²) < 4.78 is 36.7. The lowest BCUT2D eigenvalue weighted by Gasteiger charge is -2.13. The Hall–Kier alpha value is -4.01. The highest BCUT2D eigenvalue weighted by molar-refractivity contribution is 5.97. The summed E-state index contributed by atoms with van der Waals surface area (Å²) in [6.45, 7) is 0.490. The minimum absolute atomic E-state index is 0.106. The third-order valence-electron chi connectivity index (χ3n) is 5.13. The number of ether oxygens (including phenoxy) is 2. The summed E-state index contributed by atoms with van der Waals surface area (Å²) in [6, 6.07) is 14.1. The fourth-order valence-electron chi connectivity index (χ4n) is 3.67. The first-order chi connectivity index (χ1) is 15.9. The van der Waals surface area contributed by atoms with Gasteiger partial charge in [0.05, 0.1) is 18.5 Å². The molecular weight excluding hydrogens is 430 g/mol. The van der Waals surface area contributed by atoms with Crippen molar-refractivity contribution in [1.82, 2.24) is 14.8 Å². The number of carbonyl (C=O) groups excluding carboxylic acids is 1. The van der Waals surface area contributed by atoms with E-state index < -0.39 is 12.5 Å². The number of pyridine rings is 1. The number of anilines is 1. The molecule has 2 heterocycles. The molecule has 0 aliphatic rings. The molecule has 1 N–H and O–H groups in total. The third-order valence-corrected chi connectivity index (χ3v) is 5.13. The highest BCUT2D eigenvalue weighted by Gasteiger charge is 2.18. The van der Waals surface area contributed by atoms with Crippen LogP contribution >= 0.6 is 0 Å². The Morgan fingerprint density at radius 3 is 2.58 bits per heavy atom. The van der Waals surface area contributed by atoms with E-state index in [2.05, 4.69) is 20.1 Å². The Morgan fingerprint density at radius 2 is 1.88 bits per heavy atom. The molecule has 2 aromatic heterocycles. The van der Waals surface area contributed by atoms with Gasteiger partial charge in [-0.15, -0.1) is 0 Å². The number of amides is 1. The minimum Gasteiger partial charge on any atom is -0.497 e. The fourth-order valence-corrected chi connectivity index (χ4v) is 3.67. The Morgan fingerprint density at radius 1 is 1.12 bits per heavy atom. The van der Waals surface area contributed by atoms with Crippen LogP contribution in [0.2, 0.25) is 0 Å². The van der Waals surface area contributed by atoms with Crippen LogP contribution in [0.25, 0.3) is 22.2 Å². The second kappa shape index (κ2) is 9.23. The lowest BCUT2D eigenvalue weighted by atomic mass is 10.0. The topological polar surface area (TPSA) is 78.3 Å². The Kier molecular flexibility index (Phi) is 6.21. The van der Waals surface area contributed by atoms with Gasteiger partial charge in [-0.3, -0.25) is 4.79 Å². The van der Waals surface area contributed by atoms with Gasteiger partial charge in [0.15, 0.2) is 5.65 Å². The number of carbonyl (C=O) groups is 1. The van der Waals surface area contributed by atoms with Crippen LogP contribution in [0.4, 0.5) is 14.5 Å². The van der Waals surface area contributed by atoms with Gasteiger partial charge in [-0.25, -0.2) is 9.67 Å². The second-order valence-electron chi connectivity index (χ2n) is 7.45. The summed E-state index contributed by atoms with van der Waals surface area (Å²) in [4.78, 5) is 17.2. The summed E-state index contributed by atoms with van der Waals surface area (Å²) in [5.74, 6) is 0.200. The van der Waals surface area contributed by atoms with E-state index in [-0.39, 0.29) is 18.0 Å². The van der Waals surface area contributed by atoms with E-state index in [0.717, 1.165) is 27.8 Å². The van der Waals surface area contributed by atoms with Crippen LogP contribution in [0.1, 0.15) is 11.3 Å². The zero-order valence-corrected chi connectivity index (χ0v) is 18.3. The number of aromatic nitrogens is 3. The number of alkyl halides is 2. The molecule has 9 heteroatoms. The van der Waals surface area contributed by atoms with Crippen LogP contribution in [0, 0.1) is 13.8 Å². The van der Waals surface area contributed by atoms with E-state index >= 15 is 0 Å². The van der Waals surface area contributed by atoms with Crippen LogP contribution in [0.15, 0.2) is 54.7 Å². The first-order valence-electron chi connectivity index (χ1n) is 10.2. The van der Waals surface area contributed by atoms with Gasteiger partial charge in [0, 0.05) is 11.6 Å². The maximum Gasteiger partial charge on any atom is 0.387 e. The molecule has 0 bridgehead atoms. The quantitative estimate of drug-likeness (QED) is 0.429. The number of hydrogen-bond acceptors (Lipinski definition) is 5. The van der Waals surface area contributed by atoms with Crippen LogP contribution in [-0.2, 0) is 11.3 Å². The Labute approximate surface area is 189 Å². The van der Waals surface area contributed by atoms with Crippen LogP contribution in [0.3, 0.4) is 0 Å². The molecule has 4 aromatic rings. The summed E-state index contributed by atoms with van der Waals surface area (Å²) in [7, 11) is 1.61. The van der Waals surface area contributed by atoms with Crippen molar-refractivity contribution in [2.45, 2.75) is 27.0 Å². The lowest BCUT2D eigenvalue weighted by molar-refractivity contribution is -0.116. The summed E-state index contributed by atoms with van der Waals surface area (Å²) in [6.07, 6.45) is 1.66. The van der Waals surface area contributed by atoms with Gasteiger partial charge in [0.2, 0.25) is 5.91 Å². The van der Waals surface area contributed by atoms with Gasteiger partial charge in [-0.05, 0) is 60.9 Å². The Bertz CT molecular complexity index is 1300. The van der Waals surface area contributed by atoms with Gasteiger partial charge in [0.1, 0.15) is 18.0 Å². The molecule has 0 atom stereocenters. The largest absolute Gasteiger partial charge is 0.497 e. The van der Waals surface area contributed by atoms with E-state index in [0.29, 0.717) is 11.3 Å². The summed E-state index contributed by atoms with van der Waals surface area (Å²) >= 11 is 0. The van der Waals surface area contributed by atoms with Crippen molar-refractivity contribution in [2.24, 2.45) is 0 Å². The third kappa shape index (κ3) is 4.77. The number of nitrogens with zero attached hydrogens (tertiary/aromatic N) is 3. The molecule has 0 radical (unpaired) electrons. The zero-order chi connectivity index (χ0) is 23.5. The second-order valence-corrected chi connectivity index (χ2v) is 7.45. The van der Waals surface area contributed by atoms with E-state index in [1.807, 2.05) is 37.3 Å². The van der Waals surface area contributed by atoms with Crippen molar-refractivity contribution in [2.75, 3.05) is 12.4 Å². The number of benzene rings is 2. The molecule has 0 spiro atoms. The Balaban J connectivity index is 1.62. The maximum absolute atomic E-state index is 12.8. The molecule has 0 saturated heterocycles. The van der Waals surface area contributed by atoms with Gasteiger partial charge < -0.3 is 14.8 Å². The summed E-state index contributed by atoms with van der Waals surface area (Å²) in [5.41, 5.74) is 4.11. The van der Waals surface area contributed by atoms with E-state index in [1.165, 1.54) is 10.7 Å². The molecule has 0 aliphatic carbocycles. The highest BCUT2D eigenvalue weighted by Crippen LogP contribution is 2.31. The van der Waals surface area contributed by atoms with Gasteiger partial charge in [-0.1, -0.05) is 18.2 Å². The SMILES string of the molecule is COc1ccc(-c2ccnc3c2c(C)nn3CC(=O)Nc2cc(C)ccc2OC(F)F)cc1. The minimum atomic E-state index is -3.00. The van der Waals surface area contributed by atoms with E-state index in [9.17, 15) is 13.6 Å². The lowest BCUT2D eigenvalue weighted by Crippen LogP contribution is -2.20. The van der Waals surface area contributed by atoms with Gasteiger partial charge >= 0.3 is 6.61 Å². The smallest absolute Gasteiger partial charge is 0.387 e. The van der Waals surface area contributed by atoms with Crippen molar-refractivity contribution < 1.29 is 23.0 Å². The fraction of sp³-hybridized carbons (Fsp3) is 0.208. The number of aryl methyl sites for hydroxylation is 2. The standard InChI is InChI=1S/C24H22F2N4O3/c1-14-4-9-20(33-24(25)26)19(12-14)28-21(31)13-30-23-22(15(2)29-30)18(10-11-27-23)16-5-7-17(32-3)8-6-16/h4-12,24H,13H2,1-3H3,(H,28,31). The van der Waals surface area contributed by atoms with Crippen LogP contribution in [0.5, 0.6) is 11.5 Å². The zero-order valence-electron chi connectivity index (χ0n) is 18.3. The number of fused-ring (bicyclic) bond motifs is 1. The van der Waals surface area contributed by atoms with Crippen LogP contribution in [-0.4, -0.2) is 34.4 Å². The number of methoxy groups -OCH3 is 1. The van der Waals surface area contributed by atoms with Crippen molar-refractivity contribution in [3.05, 3.63) is 66.0 Å². The number of rotatable bonds is 7. The first-order valence-corrected chi connectivity index (χ1v) is 10.2. The van der Waals surface area contributed by atoms with Crippen molar-refractivity contribution in [3.8, 4) is 22.6 Å². The van der Waals surface area contributed by atoms with Gasteiger partial charge in [0.25, 0.3) is 0 Å². The summed E-state index contributed by atoms with van der Waals surface area (Å²) in [5, 5.41) is 7.96. The first kappa shape index (κ1) is 22.2. The number of halogens is 2. The number of hydrogen-bond donors (Lipinski definition) is 1. The molecule has 0 unspecified atom stereocenters. The normalized spacial score (nSPS) is 11.1. The monoisotopic (exact) mass is 452 g/mol. The van der Waals surface area contributed by atoms with Crippen LogP contribution < -0.4 is 14.8 Å². The molecule has 2 aromatic carbocycles. The number of nitrogens with one attached hydrogen (secondary N) is 1. The van der Waals surface area contributed by atoms with Gasteiger partial charge in [-0.2, -0.15) is 13.9 Å². The molecule has 33 heavy (non-hydrogen) atoms. The van der Waals surface area contributed by atoms with Crippen molar-refractivity contribution in [3.63, 3.8) is 0 Å².